The van der Waals surface area contributed by atoms with Crippen molar-refractivity contribution in [3.05, 3.63) is 29.3 Å². The van der Waals surface area contributed by atoms with E-state index in [1.165, 1.54) is 11.1 Å². The molecule has 1 atom stereocenters. The predicted molar refractivity (Wildman–Crippen MR) is 110 cm³/mol. The molecule has 3 fully saturated rings. The highest BCUT2D eigenvalue weighted by Gasteiger charge is 2.59. The zero-order valence-corrected chi connectivity index (χ0v) is 17.1. The second-order valence-electron chi connectivity index (χ2n) is 9.16. The monoisotopic (exact) mass is 397 g/mol. The summed E-state index contributed by atoms with van der Waals surface area (Å²) in [6, 6.07) is 6.36. The van der Waals surface area contributed by atoms with E-state index >= 15 is 0 Å². The van der Waals surface area contributed by atoms with Crippen LogP contribution in [-0.2, 0) is 17.6 Å². The Kier molecular flexibility index (Phi) is 4.88. The highest BCUT2D eigenvalue weighted by molar-refractivity contribution is 5.83. The molecule has 1 aromatic carbocycles. The number of nitrogens with zero attached hydrogens (tertiary/aromatic N) is 2. The molecule has 6 nitrogen and oxygen atoms in total. The fraction of sp³-hybridized carbons (Fsp3) is 0.652. The van der Waals surface area contributed by atoms with E-state index in [0.717, 1.165) is 83.5 Å². The molecular formula is C23H31N3O3. The Morgan fingerprint density at radius 1 is 1.10 bits per heavy atom. The Balaban J connectivity index is 1.06. The molecule has 0 bridgehead atoms. The van der Waals surface area contributed by atoms with Crippen LogP contribution < -0.4 is 10.1 Å². The quantitative estimate of drug-likeness (QED) is 0.850. The summed E-state index contributed by atoms with van der Waals surface area (Å²) in [7, 11) is 0. The SMILES string of the molecule is O=C(NCCc1ccc2c(c1)CCO2)N1CCC2(CC1)CC2C(=O)N1CCCC1. The van der Waals surface area contributed by atoms with Crippen molar-refractivity contribution in [3.63, 3.8) is 0 Å². The molecule has 3 aliphatic heterocycles. The average molecular weight is 398 g/mol. The summed E-state index contributed by atoms with van der Waals surface area (Å²) in [4.78, 5) is 29.2. The normalized spacial score (nSPS) is 24.3. The van der Waals surface area contributed by atoms with Gasteiger partial charge in [0.1, 0.15) is 5.75 Å². The molecule has 6 heteroatoms. The molecule has 1 aromatic rings. The molecule has 1 unspecified atom stereocenters. The van der Waals surface area contributed by atoms with Crippen LogP contribution in [0, 0.1) is 11.3 Å². The number of rotatable bonds is 4. The molecule has 1 saturated carbocycles. The summed E-state index contributed by atoms with van der Waals surface area (Å²) in [5.41, 5.74) is 2.70. The lowest BCUT2D eigenvalue weighted by atomic mass is 9.90. The summed E-state index contributed by atoms with van der Waals surface area (Å²) in [5.74, 6) is 1.59. The van der Waals surface area contributed by atoms with Crippen LogP contribution in [0.15, 0.2) is 18.2 Å². The van der Waals surface area contributed by atoms with Crippen LogP contribution >= 0.6 is 0 Å². The highest BCUT2D eigenvalue weighted by Crippen LogP contribution is 2.60. The van der Waals surface area contributed by atoms with Crippen molar-refractivity contribution in [1.29, 1.82) is 0 Å². The maximum absolute atomic E-state index is 12.7. The van der Waals surface area contributed by atoms with E-state index < -0.39 is 0 Å². The summed E-state index contributed by atoms with van der Waals surface area (Å²) in [5, 5.41) is 3.08. The van der Waals surface area contributed by atoms with Crippen molar-refractivity contribution in [2.45, 2.75) is 44.9 Å². The fourth-order valence-electron chi connectivity index (χ4n) is 5.38. The molecule has 0 aromatic heterocycles. The smallest absolute Gasteiger partial charge is 0.317 e. The zero-order valence-electron chi connectivity index (χ0n) is 17.1. The van der Waals surface area contributed by atoms with Gasteiger partial charge in [0, 0.05) is 45.1 Å². The van der Waals surface area contributed by atoms with Crippen LogP contribution in [-0.4, -0.2) is 61.1 Å². The minimum Gasteiger partial charge on any atom is -0.493 e. The first-order valence-electron chi connectivity index (χ1n) is 11.2. The van der Waals surface area contributed by atoms with E-state index in [2.05, 4.69) is 22.3 Å². The van der Waals surface area contributed by atoms with E-state index in [1.807, 2.05) is 11.0 Å². The number of urea groups is 1. The molecule has 1 N–H and O–H groups in total. The number of carbonyl (C=O) groups excluding carboxylic acids is 2. The third-order valence-corrected chi connectivity index (χ3v) is 7.40. The minimum absolute atomic E-state index is 0.0346. The molecular weight excluding hydrogens is 366 g/mol. The first-order valence-corrected chi connectivity index (χ1v) is 11.2. The van der Waals surface area contributed by atoms with Crippen LogP contribution in [0.2, 0.25) is 0 Å². The predicted octanol–water partition coefficient (Wildman–Crippen LogP) is 2.60. The number of piperidine rings is 1. The number of amides is 3. The Hall–Kier alpha value is -2.24. The van der Waals surface area contributed by atoms with Crippen molar-refractivity contribution in [2.24, 2.45) is 11.3 Å². The molecule has 1 aliphatic carbocycles. The van der Waals surface area contributed by atoms with E-state index in [4.69, 9.17) is 4.74 Å². The highest BCUT2D eigenvalue weighted by atomic mass is 16.5. The lowest BCUT2D eigenvalue weighted by molar-refractivity contribution is -0.132. The minimum atomic E-state index is 0.0346. The third-order valence-electron chi connectivity index (χ3n) is 7.40. The van der Waals surface area contributed by atoms with Crippen molar-refractivity contribution in [1.82, 2.24) is 15.1 Å². The Labute approximate surface area is 172 Å². The van der Waals surface area contributed by atoms with Crippen molar-refractivity contribution in [3.8, 4) is 5.75 Å². The van der Waals surface area contributed by atoms with Gasteiger partial charge in [-0.05, 0) is 61.1 Å². The number of nitrogens with one attached hydrogen (secondary N) is 1. The van der Waals surface area contributed by atoms with Crippen molar-refractivity contribution < 1.29 is 14.3 Å². The molecule has 3 amide bonds. The van der Waals surface area contributed by atoms with Gasteiger partial charge in [0.15, 0.2) is 0 Å². The van der Waals surface area contributed by atoms with E-state index in [0.29, 0.717) is 12.5 Å². The van der Waals surface area contributed by atoms with E-state index in [9.17, 15) is 9.59 Å². The van der Waals surface area contributed by atoms with Crippen LogP contribution in [0.4, 0.5) is 4.79 Å². The first kappa shape index (κ1) is 18.8. The second kappa shape index (κ2) is 7.54. The van der Waals surface area contributed by atoms with Gasteiger partial charge in [0.25, 0.3) is 0 Å². The van der Waals surface area contributed by atoms with Gasteiger partial charge in [-0.2, -0.15) is 0 Å². The largest absolute Gasteiger partial charge is 0.493 e. The Morgan fingerprint density at radius 3 is 2.69 bits per heavy atom. The number of hydrogen-bond donors (Lipinski definition) is 1. The van der Waals surface area contributed by atoms with Gasteiger partial charge in [-0.1, -0.05) is 12.1 Å². The zero-order chi connectivity index (χ0) is 19.8. The van der Waals surface area contributed by atoms with Gasteiger partial charge >= 0.3 is 6.03 Å². The van der Waals surface area contributed by atoms with Gasteiger partial charge in [-0.25, -0.2) is 4.79 Å². The van der Waals surface area contributed by atoms with Crippen LogP contribution in [0.25, 0.3) is 0 Å². The number of hydrogen-bond acceptors (Lipinski definition) is 3. The number of fused-ring (bicyclic) bond motifs is 1. The second-order valence-corrected chi connectivity index (χ2v) is 9.16. The molecule has 1 spiro atoms. The van der Waals surface area contributed by atoms with Crippen molar-refractivity contribution >= 4 is 11.9 Å². The topological polar surface area (TPSA) is 61.9 Å². The number of benzene rings is 1. The molecule has 156 valence electrons. The fourth-order valence-corrected chi connectivity index (χ4v) is 5.38. The van der Waals surface area contributed by atoms with Crippen LogP contribution in [0.1, 0.15) is 43.2 Å². The van der Waals surface area contributed by atoms with Crippen molar-refractivity contribution in [2.75, 3.05) is 39.3 Å². The molecule has 4 aliphatic rings. The number of carbonyl (C=O) groups is 2. The first-order chi connectivity index (χ1) is 14.1. The van der Waals surface area contributed by atoms with Crippen LogP contribution in [0.3, 0.4) is 0 Å². The number of ether oxygens (including phenoxy) is 1. The molecule has 29 heavy (non-hydrogen) atoms. The lowest BCUT2D eigenvalue weighted by Gasteiger charge is -2.33. The van der Waals surface area contributed by atoms with Gasteiger partial charge in [-0.15, -0.1) is 0 Å². The van der Waals surface area contributed by atoms with Crippen LogP contribution in [0.5, 0.6) is 5.75 Å². The van der Waals surface area contributed by atoms with E-state index in [1.54, 1.807) is 0 Å². The summed E-state index contributed by atoms with van der Waals surface area (Å²) >= 11 is 0. The summed E-state index contributed by atoms with van der Waals surface area (Å²) < 4.78 is 5.55. The third kappa shape index (κ3) is 3.69. The van der Waals surface area contributed by atoms with Gasteiger partial charge < -0.3 is 19.9 Å². The standard InChI is InChI=1S/C23H31N3O3/c27-21(25-10-1-2-11-25)19-16-23(19)7-12-26(13-8-23)22(28)24-9-5-17-3-4-20-18(15-17)6-14-29-20/h3-4,15,19H,1-2,5-14,16H2,(H,24,28). The Bertz CT molecular complexity index is 795. The molecule has 2 saturated heterocycles. The van der Waals surface area contributed by atoms with E-state index in [-0.39, 0.29) is 17.4 Å². The lowest BCUT2D eigenvalue weighted by Crippen LogP contribution is -2.46. The van der Waals surface area contributed by atoms with Gasteiger partial charge in [0.05, 0.1) is 6.61 Å². The van der Waals surface area contributed by atoms with Gasteiger partial charge in [-0.3, -0.25) is 4.79 Å². The summed E-state index contributed by atoms with van der Waals surface area (Å²) in [6.45, 7) is 4.85. The average Bonchev–Trinajstić information content (AvgIpc) is 3.13. The number of likely N-dealkylation sites (tertiary alicyclic amines) is 2. The van der Waals surface area contributed by atoms with Gasteiger partial charge in [0.2, 0.25) is 5.91 Å². The summed E-state index contributed by atoms with van der Waals surface area (Å²) in [6.07, 6.45) is 7.08. The molecule has 0 radical (unpaired) electrons. The molecule has 3 heterocycles. The Morgan fingerprint density at radius 2 is 1.90 bits per heavy atom. The molecule has 5 rings (SSSR count). The maximum Gasteiger partial charge on any atom is 0.317 e. The maximum atomic E-state index is 12.7.